The molecule has 0 aromatic heterocycles. The summed E-state index contributed by atoms with van der Waals surface area (Å²) < 4.78 is 5.51. The van der Waals surface area contributed by atoms with Crippen LogP contribution in [0.5, 0.6) is 5.75 Å². The summed E-state index contributed by atoms with van der Waals surface area (Å²) in [6.45, 7) is 4.23. The molecule has 0 spiro atoms. The maximum Gasteiger partial charge on any atom is 0.123 e. The maximum absolute atomic E-state index is 6.49. The molecule has 1 aromatic rings. The highest BCUT2D eigenvalue weighted by atomic mass is 16.5. The van der Waals surface area contributed by atoms with Crippen molar-refractivity contribution in [1.82, 2.24) is 0 Å². The van der Waals surface area contributed by atoms with Crippen LogP contribution >= 0.6 is 0 Å². The third-order valence-electron chi connectivity index (χ3n) is 4.53. The lowest BCUT2D eigenvalue weighted by Crippen LogP contribution is -2.32. The lowest BCUT2D eigenvalue weighted by Gasteiger charge is -2.31. The second-order valence-electron chi connectivity index (χ2n) is 5.88. The van der Waals surface area contributed by atoms with E-state index in [0.29, 0.717) is 12.0 Å². The molecule has 19 heavy (non-hydrogen) atoms. The van der Waals surface area contributed by atoms with Crippen LogP contribution < -0.4 is 16.2 Å². The van der Waals surface area contributed by atoms with Crippen LogP contribution in [0.4, 0.5) is 0 Å². The Morgan fingerprint density at radius 2 is 1.68 bits per heavy atom. The monoisotopic (exact) mass is 262 g/mol. The third kappa shape index (κ3) is 3.10. The molecular weight excluding hydrogens is 236 g/mol. The summed E-state index contributed by atoms with van der Waals surface area (Å²) in [5.41, 5.74) is 16.1. The first kappa shape index (κ1) is 14.4. The second kappa shape index (κ2) is 5.93. The van der Waals surface area contributed by atoms with E-state index in [0.717, 1.165) is 37.0 Å². The van der Waals surface area contributed by atoms with Crippen molar-refractivity contribution in [3.63, 3.8) is 0 Å². The van der Waals surface area contributed by atoms with E-state index in [2.05, 4.69) is 26.0 Å². The van der Waals surface area contributed by atoms with Crippen LogP contribution in [0.25, 0.3) is 0 Å². The molecule has 106 valence electrons. The molecule has 3 heteroatoms. The molecule has 0 radical (unpaired) electrons. The number of aryl methyl sites for hydroxylation is 2. The predicted molar refractivity (Wildman–Crippen MR) is 79.3 cm³/mol. The molecule has 1 aliphatic carbocycles. The van der Waals surface area contributed by atoms with E-state index in [1.165, 1.54) is 11.1 Å². The van der Waals surface area contributed by atoms with Gasteiger partial charge in [-0.05, 0) is 62.6 Å². The van der Waals surface area contributed by atoms with Crippen molar-refractivity contribution in [2.75, 3.05) is 7.11 Å². The Hall–Kier alpha value is -1.06. The molecule has 3 nitrogen and oxygen atoms in total. The first-order valence-corrected chi connectivity index (χ1v) is 7.19. The van der Waals surface area contributed by atoms with E-state index in [1.54, 1.807) is 7.11 Å². The summed E-state index contributed by atoms with van der Waals surface area (Å²) in [6, 6.07) is 4.71. The van der Waals surface area contributed by atoms with Crippen LogP contribution in [-0.2, 0) is 0 Å². The zero-order valence-electron chi connectivity index (χ0n) is 12.3. The fourth-order valence-electron chi connectivity index (χ4n) is 3.01. The Balaban J connectivity index is 2.22. The zero-order valence-corrected chi connectivity index (χ0v) is 12.3. The Labute approximate surface area is 116 Å². The first-order chi connectivity index (χ1) is 9.02. The molecule has 0 aliphatic heterocycles. The lowest BCUT2D eigenvalue weighted by molar-refractivity contribution is 0.280. The SMILES string of the molecule is COc1cc(C)c(C)cc1C(N)C1CCC(N)CC1. The predicted octanol–water partition coefficient (Wildman–Crippen LogP) is 2.83. The number of hydrogen-bond donors (Lipinski definition) is 2. The highest BCUT2D eigenvalue weighted by Gasteiger charge is 2.27. The summed E-state index contributed by atoms with van der Waals surface area (Å²) in [7, 11) is 1.72. The van der Waals surface area contributed by atoms with Gasteiger partial charge in [0.25, 0.3) is 0 Å². The van der Waals surface area contributed by atoms with Crippen molar-refractivity contribution in [2.24, 2.45) is 17.4 Å². The van der Waals surface area contributed by atoms with Crippen molar-refractivity contribution < 1.29 is 4.74 Å². The maximum atomic E-state index is 6.49. The van der Waals surface area contributed by atoms with Gasteiger partial charge in [-0.3, -0.25) is 0 Å². The van der Waals surface area contributed by atoms with Crippen molar-refractivity contribution >= 4 is 0 Å². The molecule has 0 amide bonds. The van der Waals surface area contributed by atoms with Crippen LogP contribution in [-0.4, -0.2) is 13.2 Å². The van der Waals surface area contributed by atoms with E-state index in [9.17, 15) is 0 Å². The minimum Gasteiger partial charge on any atom is -0.496 e. The third-order valence-corrected chi connectivity index (χ3v) is 4.53. The van der Waals surface area contributed by atoms with Crippen LogP contribution in [0.15, 0.2) is 12.1 Å². The number of ether oxygens (including phenoxy) is 1. The smallest absolute Gasteiger partial charge is 0.123 e. The normalized spacial score (nSPS) is 25.1. The molecule has 1 atom stereocenters. The Kier molecular flexibility index (Phi) is 4.48. The number of benzene rings is 1. The zero-order chi connectivity index (χ0) is 14.0. The number of rotatable bonds is 3. The van der Waals surface area contributed by atoms with E-state index in [-0.39, 0.29) is 6.04 Å². The molecule has 1 unspecified atom stereocenters. The van der Waals surface area contributed by atoms with E-state index in [1.807, 2.05) is 0 Å². The molecule has 1 fully saturated rings. The van der Waals surface area contributed by atoms with E-state index >= 15 is 0 Å². The van der Waals surface area contributed by atoms with Gasteiger partial charge >= 0.3 is 0 Å². The fourth-order valence-corrected chi connectivity index (χ4v) is 3.01. The van der Waals surface area contributed by atoms with Gasteiger partial charge in [0.1, 0.15) is 5.75 Å². The van der Waals surface area contributed by atoms with E-state index < -0.39 is 0 Å². The van der Waals surface area contributed by atoms with Gasteiger partial charge in [-0.1, -0.05) is 6.07 Å². The largest absolute Gasteiger partial charge is 0.496 e. The fraction of sp³-hybridized carbons (Fsp3) is 0.625. The molecular formula is C16H26N2O. The Morgan fingerprint density at radius 1 is 1.11 bits per heavy atom. The van der Waals surface area contributed by atoms with Crippen LogP contribution in [0.3, 0.4) is 0 Å². The van der Waals surface area contributed by atoms with E-state index in [4.69, 9.17) is 16.2 Å². The summed E-state index contributed by atoms with van der Waals surface area (Å²) in [4.78, 5) is 0. The van der Waals surface area contributed by atoms with Crippen molar-refractivity contribution in [3.8, 4) is 5.75 Å². The first-order valence-electron chi connectivity index (χ1n) is 7.19. The van der Waals surface area contributed by atoms with Gasteiger partial charge in [0, 0.05) is 17.6 Å². The highest BCUT2D eigenvalue weighted by molar-refractivity contribution is 5.43. The van der Waals surface area contributed by atoms with Crippen LogP contribution in [0, 0.1) is 19.8 Å². The molecule has 1 aromatic carbocycles. The standard InChI is InChI=1S/C16H26N2O/c1-10-8-14(15(19-3)9-11(10)2)16(18)12-4-6-13(17)7-5-12/h8-9,12-13,16H,4-7,17-18H2,1-3H3. The van der Waals surface area contributed by atoms with Gasteiger partial charge in [0.2, 0.25) is 0 Å². The summed E-state index contributed by atoms with van der Waals surface area (Å²) in [6.07, 6.45) is 4.42. The molecule has 0 saturated heterocycles. The van der Waals surface area contributed by atoms with Crippen molar-refractivity contribution in [1.29, 1.82) is 0 Å². The molecule has 1 saturated carbocycles. The Bertz CT molecular complexity index is 437. The lowest BCUT2D eigenvalue weighted by atomic mass is 9.79. The summed E-state index contributed by atoms with van der Waals surface area (Å²) >= 11 is 0. The molecule has 0 bridgehead atoms. The molecule has 2 rings (SSSR count). The number of nitrogens with two attached hydrogens (primary N) is 2. The van der Waals surface area contributed by atoms with Gasteiger partial charge < -0.3 is 16.2 Å². The molecule has 1 aliphatic rings. The van der Waals surface area contributed by atoms with Gasteiger partial charge in [0.05, 0.1) is 7.11 Å². The topological polar surface area (TPSA) is 61.3 Å². The minimum absolute atomic E-state index is 0.0572. The van der Waals surface area contributed by atoms with Gasteiger partial charge in [-0.25, -0.2) is 0 Å². The summed E-state index contributed by atoms with van der Waals surface area (Å²) in [5, 5.41) is 0. The molecule has 4 N–H and O–H groups in total. The Morgan fingerprint density at radius 3 is 2.26 bits per heavy atom. The van der Waals surface area contributed by atoms with Crippen LogP contribution in [0.2, 0.25) is 0 Å². The minimum atomic E-state index is 0.0572. The highest BCUT2D eigenvalue weighted by Crippen LogP contribution is 2.37. The number of methoxy groups -OCH3 is 1. The molecule has 0 heterocycles. The second-order valence-corrected chi connectivity index (χ2v) is 5.88. The van der Waals surface area contributed by atoms with Crippen molar-refractivity contribution in [2.45, 2.75) is 51.6 Å². The van der Waals surface area contributed by atoms with Crippen LogP contribution in [0.1, 0.15) is 48.4 Å². The number of hydrogen-bond acceptors (Lipinski definition) is 3. The average Bonchev–Trinajstić information content (AvgIpc) is 2.41. The van der Waals surface area contributed by atoms with Gasteiger partial charge in [0.15, 0.2) is 0 Å². The van der Waals surface area contributed by atoms with Crippen molar-refractivity contribution in [3.05, 3.63) is 28.8 Å². The van der Waals surface area contributed by atoms with Gasteiger partial charge in [-0.15, -0.1) is 0 Å². The average molecular weight is 262 g/mol. The summed E-state index contributed by atoms with van der Waals surface area (Å²) in [5.74, 6) is 1.45. The van der Waals surface area contributed by atoms with Gasteiger partial charge in [-0.2, -0.15) is 0 Å². The quantitative estimate of drug-likeness (QED) is 0.880.